The van der Waals surface area contributed by atoms with Gasteiger partial charge in [-0.15, -0.1) is 0 Å². The van der Waals surface area contributed by atoms with Crippen LogP contribution in [0.5, 0.6) is 5.88 Å². The van der Waals surface area contributed by atoms with Gasteiger partial charge in [-0.1, -0.05) is 30.3 Å². The van der Waals surface area contributed by atoms with Crippen LogP contribution in [0.3, 0.4) is 0 Å². The van der Waals surface area contributed by atoms with E-state index in [1.807, 2.05) is 30.3 Å². The summed E-state index contributed by atoms with van der Waals surface area (Å²) in [5.41, 5.74) is 0.798. The summed E-state index contributed by atoms with van der Waals surface area (Å²) in [5.74, 6) is 0.501. The lowest BCUT2D eigenvalue weighted by Crippen LogP contribution is -2.44. The molecule has 122 valence electrons. The van der Waals surface area contributed by atoms with Gasteiger partial charge in [-0.05, 0) is 18.4 Å². The highest BCUT2D eigenvalue weighted by atomic mass is 32.2. The van der Waals surface area contributed by atoms with Crippen LogP contribution in [0.2, 0.25) is 0 Å². The molecule has 3 rings (SSSR count). The zero-order valence-electron chi connectivity index (χ0n) is 12.7. The smallest absolute Gasteiger partial charge is 0.218 e. The van der Waals surface area contributed by atoms with Crippen molar-refractivity contribution < 1.29 is 13.2 Å². The second-order valence-corrected chi connectivity index (χ2v) is 7.50. The Labute approximate surface area is 136 Å². The summed E-state index contributed by atoms with van der Waals surface area (Å²) < 4.78 is 32.5. The molecule has 0 saturated carbocycles. The molecule has 1 aliphatic rings. The number of aromatic nitrogens is 2. The Morgan fingerprint density at radius 2 is 2.04 bits per heavy atom. The summed E-state index contributed by atoms with van der Waals surface area (Å²) >= 11 is 0. The molecule has 0 N–H and O–H groups in total. The van der Waals surface area contributed by atoms with Crippen LogP contribution in [0.1, 0.15) is 18.4 Å². The minimum atomic E-state index is -3.34. The molecule has 2 heterocycles. The number of rotatable bonds is 5. The van der Waals surface area contributed by atoms with E-state index in [0.29, 0.717) is 19.0 Å². The standard InChI is InChI=1S/C16H19N3O3S/c20-23(21,12-14-5-2-1-3-6-14)19-10-4-7-15(11-19)22-16-8-9-17-13-18-16/h1-3,5-6,8-9,13,15H,4,7,10-12H2. The third-order valence-corrected chi connectivity index (χ3v) is 5.58. The average Bonchev–Trinajstić information content (AvgIpc) is 2.57. The number of benzene rings is 1. The highest BCUT2D eigenvalue weighted by Gasteiger charge is 2.30. The van der Waals surface area contributed by atoms with Crippen LogP contribution in [0.25, 0.3) is 0 Å². The van der Waals surface area contributed by atoms with Crippen molar-refractivity contribution in [2.45, 2.75) is 24.7 Å². The Bertz CT molecular complexity index is 723. The van der Waals surface area contributed by atoms with Crippen molar-refractivity contribution in [2.75, 3.05) is 13.1 Å². The maximum atomic E-state index is 12.6. The van der Waals surface area contributed by atoms with Crippen molar-refractivity contribution in [2.24, 2.45) is 0 Å². The van der Waals surface area contributed by atoms with Crippen LogP contribution < -0.4 is 4.74 Å². The van der Waals surface area contributed by atoms with Crippen LogP contribution in [-0.2, 0) is 15.8 Å². The fourth-order valence-electron chi connectivity index (χ4n) is 2.65. The first-order chi connectivity index (χ1) is 11.1. The summed E-state index contributed by atoms with van der Waals surface area (Å²) in [5, 5.41) is 0. The number of hydrogen-bond acceptors (Lipinski definition) is 5. The molecule has 1 aromatic carbocycles. The third-order valence-electron chi connectivity index (χ3n) is 3.77. The van der Waals surface area contributed by atoms with Crippen LogP contribution >= 0.6 is 0 Å². The molecule has 7 heteroatoms. The molecule has 0 aliphatic carbocycles. The molecule has 1 unspecified atom stereocenters. The summed E-state index contributed by atoms with van der Waals surface area (Å²) in [6, 6.07) is 10.9. The van der Waals surface area contributed by atoms with E-state index in [0.717, 1.165) is 18.4 Å². The van der Waals surface area contributed by atoms with Gasteiger partial charge in [-0.2, -0.15) is 4.31 Å². The number of hydrogen-bond donors (Lipinski definition) is 0. The van der Waals surface area contributed by atoms with Crippen LogP contribution in [0, 0.1) is 0 Å². The number of piperidine rings is 1. The molecular formula is C16H19N3O3S. The van der Waals surface area contributed by atoms with E-state index < -0.39 is 10.0 Å². The van der Waals surface area contributed by atoms with E-state index in [1.165, 1.54) is 10.6 Å². The Kier molecular flexibility index (Phi) is 4.88. The Morgan fingerprint density at radius 3 is 2.78 bits per heavy atom. The fourth-order valence-corrected chi connectivity index (χ4v) is 4.25. The first-order valence-electron chi connectivity index (χ1n) is 7.58. The molecule has 2 aromatic rings. The number of ether oxygens (including phenoxy) is 1. The van der Waals surface area contributed by atoms with Crippen molar-refractivity contribution in [3.05, 3.63) is 54.5 Å². The van der Waals surface area contributed by atoms with Crippen molar-refractivity contribution in [3.8, 4) is 5.88 Å². The first-order valence-corrected chi connectivity index (χ1v) is 9.19. The van der Waals surface area contributed by atoms with E-state index in [1.54, 1.807) is 12.3 Å². The highest BCUT2D eigenvalue weighted by Crippen LogP contribution is 2.20. The van der Waals surface area contributed by atoms with Gasteiger partial charge >= 0.3 is 0 Å². The van der Waals surface area contributed by atoms with Crippen LogP contribution in [-0.4, -0.2) is 41.9 Å². The molecule has 23 heavy (non-hydrogen) atoms. The topological polar surface area (TPSA) is 72.4 Å². The van der Waals surface area contributed by atoms with Gasteiger partial charge in [0, 0.05) is 18.8 Å². The Balaban J connectivity index is 1.65. The normalized spacial score (nSPS) is 19.4. The first kappa shape index (κ1) is 15.9. The van der Waals surface area contributed by atoms with Crippen LogP contribution in [0.15, 0.2) is 48.9 Å². The third kappa shape index (κ3) is 4.27. The predicted octanol–water partition coefficient (Wildman–Crippen LogP) is 1.85. The molecule has 1 saturated heterocycles. The second kappa shape index (κ2) is 7.06. The van der Waals surface area contributed by atoms with Crippen molar-refractivity contribution in [3.63, 3.8) is 0 Å². The highest BCUT2D eigenvalue weighted by molar-refractivity contribution is 7.88. The predicted molar refractivity (Wildman–Crippen MR) is 86.3 cm³/mol. The lowest BCUT2D eigenvalue weighted by atomic mass is 10.1. The maximum Gasteiger partial charge on any atom is 0.218 e. The zero-order chi connectivity index (χ0) is 16.1. The number of nitrogens with zero attached hydrogens (tertiary/aromatic N) is 3. The SMILES string of the molecule is O=S(=O)(Cc1ccccc1)N1CCCC(Oc2ccncn2)C1. The largest absolute Gasteiger partial charge is 0.473 e. The van der Waals surface area contributed by atoms with Crippen molar-refractivity contribution in [1.29, 1.82) is 0 Å². The van der Waals surface area contributed by atoms with Crippen LogP contribution in [0.4, 0.5) is 0 Å². The molecule has 6 nitrogen and oxygen atoms in total. The van der Waals surface area contributed by atoms with Gasteiger partial charge in [0.15, 0.2) is 0 Å². The average molecular weight is 333 g/mol. The monoisotopic (exact) mass is 333 g/mol. The maximum absolute atomic E-state index is 12.6. The Hall–Kier alpha value is -1.99. The molecule has 0 bridgehead atoms. The Morgan fingerprint density at radius 1 is 1.22 bits per heavy atom. The quantitative estimate of drug-likeness (QED) is 0.835. The zero-order valence-corrected chi connectivity index (χ0v) is 13.5. The minimum absolute atomic E-state index is 0.0219. The van der Waals surface area contributed by atoms with Crippen molar-refractivity contribution in [1.82, 2.24) is 14.3 Å². The van der Waals surface area contributed by atoms with E-state index in [2.05, 4.69) is 9.97 Å². The summed E-state index contributed by atoms with van der Waals surface area (Å²) in [7, 11) is -3.34. The molecule has 1 aliphatic heterocycles. The van der Waals surface area contributed by atoms with Gasteiger partial charge in [0.05, 0.1) is 12.3 Å². The lowest BCUT2D eigenvalue weighted by Gasteiger charge is -2.31. The number of sulfonamides is 1. The molecule has 1 fully saturated rings. The summed E-state index contributed by atoms with van der Waals surface area (Å²) in [6.45, 7) is 0.901. The van der Waals surface area contributed by atoms with E-state index in [-0.39, 0.29) is 11.9 Å². The van der Waals surface area contributed by atoms with Gasteiger partial charge in [-0.3, -0.25) is 0 Å². The summed E-state index contributed by atoms with van der Waals surface area (Å²) in [4.78, 5) is 7.87. The lowest BCUT2D eigenvalue weighted by molar-refractivity contribution is 0.124. The molecule has 0 radical (unpaired) electrons. The molecule has 1 aromatic heterocycles. The van der Waals surface area contributed by atoms with Crippen molar-refractivity contribution >= 4 is 10.0 Å². The minimum Gasteiger partial charge on any atom is -0.473 e. The molecule has 0 spiro atoms. The summed E-state index contributed by atoms with van der Waals surface area (Å²) in [6.07, 6.45) is 4.45. The fraction of sp³-hybridized carbons (Fsp3) is 0.375. The van der Waals surface area contributed by atoms with Gasteiger partial charge in [0.1, 0.15) is 12.4 Å². The van der Waals surface area contributed by atoms with E-state index >= 15 is 0 Å². The molecular weight excluding hydrogens is 314 g/mol. The van der Waals surface area contributed by atoms with Gasteiger partial charge < -0.3 is 4.74 Å². The van der Waals surface area contributed by atoms with E-state index in [9.17, 15) is 8.42 Å². The molecule has 0 amide bonds. The van der Waals surface area contributed by atoms with Gasteiger partial charge in [0.2, 0.25) is 15.9 Å². The van der Waals surface area contributed by atoms with E-state index in [4.69, 9.17) is 4.74 Å². The van der Waals surface area contributed by atoms with Gasteiger partial charge in [0.25, 0.3) is 0 Å². The van der Waals surface area contributed by atoms with Gasteiger partial charge in [-0.25, -0.2) is 18.4 Å². The molecule has 1 atom stereocenters. The second-order valence-electron chi connectivity index (χ2n) is 5.53.